The standard InChI is InChI=1S/C26H24NP.BF4/c27-25(21-13-5-1-6-14-21)26(22-15-7-2-8-16-22)28(23-17-9-3-10-18-23)24-19-11-4-12-20-24;2-1(3,4)5/h1-20,25-26H,27H2;/q;-1/p+1/t25-,26-;/m0./s1. The third-order valence-corrected chi connectivity index (χ3v) is 8.02. The van der Waals surface area contributed by atoms with E-state index in [1.165, 1.54) is 21.7 Å². The minimum absolute atomic E-state index is 0.162. The molecule has 170 valence electrons. The van der Waals surface area contributed by atoms with Crippen LogP contribution in [0, 0.1) is 0 Å². The van der Waals surface area contributed by atoms with Gasteiger partial charge in [0, 0.05) is 5.56 Å². The largest absolute Gasteiger partial charge is 0.673 e. The van der Waals surface area contributed by atoms with Crippen LogP contribution in [0.5, 0.6) is 0 Å². The van der Waals surface area contributed by atoms with Crippen LogP contribution in [0.15, 0.2) is 121 Å². The fourth-order valence-corrected chi connectivity index (χ4v) is 6.67. The molecule has 3 N–H and O–H groups in total. The van der Waals surface area contributed by atoms with E-state index in [1.54, 1.807) is 0 Å². The summed E-state index contributed by atoms with van der Waals surface area (Å²) in [6.45, 7) is 0. The molecule has 1 nitrogen and oxygen atoms in total. The highest BCUT2D eigenvalue weighted by molar-refractivity contribution is 7.73. The van der Waals surface area contributed by atoms with Crippen LogP contribution in [0.3, 0.4) is 0 Å². The Balaban J connectivity index is 0.000000555. The molecule has 0 heterocycles. The average molecular weight is 469 g/mol. The van der Waals surface area contributed by atoms with Crippen molar-refractivity contribution >= 4 is 25.8 Å². The van der Waals surface area contributed by atoms with Gasteiger partial charge < -0.3 is 23.0 Å². The highest BCUT2D eigenvalue weighted by atomic mass is 31.1. The molecule has 0 aliphatic heterocycles. The van der Waals surface area contributed by atoms with Crippen molar-refractivity contribution < 1.29 is 23.0 Å². The molecule has 0 amide bonds. The lowest BCUT2D eigenvalue weighted by molar-refractivity contribution is -0.427. The summed E-state index contributed by atoms with van der Waals surface area (Å²) in [5, 5.41) is 2.78. The Bertz CT molecular complexity index is 1040. The maximum Gasteiger partial charge on any atom is 0.673 e. The van der Waals surface area contributed by atoms with Gasteiger partial charge in [-0.2, -0.15) is 0 Å². The average Bonchev–Trinajstić information content (AvgIpc) is 2.83. The van der Waals surface area contributed by atoms with Crippen LogP contribution in [0.2, 0.25) is 0 Å². The van der Waals surface area contributed by atoms with Gasteiger partial charge in [-0.15, -0.1) is 0 Å². The molecule has 0 aliphatic rings. The summed E-state index contributed by atoms with van der Waals surface area (Å²) < 4.78 is 39.0. The Morgan fingerprint density at radius 2 is 0.818 bits per heavy atom. The van der Waals surface area contributed by atoms with E-state index in [4.69, 9.17) is 0 Å². The molecule has 4 rings (SSSR count). The monoisotopic (exact) mass is 469 g/mol. The van der Waals surface area contributed by atoms with Gasteiger partial charge in [0.2, 0.25) is 0 Å². The zero-order valence-electron chi connectivity index (χ0n) is 17.9. The Labute approximate surface area is 193 Å². The van der Waals surface area contributed by atoms with Gasteiger partial charge in [0.1, 0.15) is 6.04 Å². The Kier molecular flexibility index (Phi) is 8.82. The molecular formula is C26H25BF4NP. The molecule has 0 saturated heterocycles. The molecule has 4 aromatic rings. The molecular weight excluding hydrogens is 444 g/mol. The van der Waals surface area contributed by atoms with E-state index in [0.717, 1.165) is 0 Å². The van der Waals surface area contributed by atoms with Gasteiger partial charge in [-0.1, -0.05) is 121 Å². The molecule has 7 heteroatoms. The van der Waals surface area contributed by atoms with Crippen molar-refractivity contribution in [1.82, 2.24) is 0 Å². The molecule has 0 fully saturated rings. The second kappa shape index (κ2) is 11.8. The van der Waals surface area contributed by atoms with Crippen LogP contribution in [-0.2, 0) is 0 Å². The van der Waals surface area contributed by atoms with Crippen LogP contribution >= 0.6 is 7.92 Å². The molecule has 4 aromatic carbocycles. The van der Waals surface area contributed by atoms with Crippen molar-refractivity contribution in [3.63, 3.8) is 0 Å². The van der Waals surface area contributed by atoms with Crippen LogP contribution in [-0.4, -0.2) is 7.25 Å². The van der Waals surface area contributed by atoms with E-state index in [-0.39, 0.29) is 6.04 Å². The predicted molar refractivity (Wildman–Crippen MR) is 131 cm³/mol. The van der Waals surface area contributed by atoms with Crippen LogP contribution in [0.4, 0.5) is 17.3 Å². The smallest absolute Gasteiger partial charge is 0.418 e. The third-order valence-electron chi connectivity index (χ3n) is 5.10. The molecule has 0 bridgehead atoms. The van der Waals surface area contributed by atoms with Gasteiger partial charge in [-0.3, -0.25) is 0 Å². The lowest BCUT2D eigenvalue weighted by Gasteiger charge is -2.31. The van der Waals surface area contributed by atoms with E-state index >= 15 is 0 Å². The Morgan fingerprint density at radius 3 is 1.18 bits per heavy atom. The van der Waals surface area contributed by atoms with Crippen molar-refractivity contribution in [2.24, 2.45) is 0 Å². The first-order valence-electron chi connectivity index (χ1n) is 10.5. The van der Waals surface area contributed by atoms with Crippen molar-refractivity contribution in [2.45, 2.75) is 11.7 Å². The second-order valence-electron chi connectivity index (χ2n) is 7.41. The summed E-state index contributed by atoms with van der Waals surface area (Å²) in [5.41, 5.74) is 7.61. The van der Waals surface area contributed by atoms with E-state index in [0.29, 0.717) is 5.66 Å². The molecule has 0 radical (unpaired) electrons. The van der Waals surface area contributed by atoms with Crippen molar-refractivity contribution in [3.8, 4) is 0 Å². The molecule has 0 aromatic heterocycles. The van der Waals surface area contributed by atoms with Gasteiger partial charge in [0.05, 0.1) is 5.66 Å². The first-order valence-corrected chi connectivity index (χ1v) is 12.0. The summed E-state index contributed by atoms with van der Waals surface area (Å²) in [6, 6.07) is 43.6. The Morgan fingerprint density at radius 1 is 0.515 bits per heavy atom. The number of hydrogen-bond acceptors (Lipinski definition) is 0. The van der Waals surface area contributed by atoms with E-state index in [2.05, 4.69) is 127 Å². The topological polar surface area (TPSA) is 27.6 Å². The first kappa shape index (κ1) is 24.7. The van der Waals surface area contributed by atoms with Crippen molar-refractivity contribution in [1.29, 1.82) is 0 Å². The first-order chi connectivity index (χ1) is 15.8. The maximum absolute atomic E-state index is 9.75. The highest BCUT2D eigenvalue weighted by Crippen LogP contribution is 2.54. The molecule has 2 atom stereocenters. The molecule has 0 saturated carbocycles. The lowest BCUT2D eigenvalue weighted by Crippen LogP contribution is -2.56. The van der Waals surface area contributed by atoms with Gasteiger partial charge in [-0.25, -0.2) is 0 Å². The molecule has 33 heavy (non-hydrogen) atoms. The number of quaternary nitrogens is 1. The summed E-state index contributed by atoms with van der Waals surface area (Å²) in [6.07, 6.45) is 0. The molecule has 0 unspecified atom stereocenters. The Hall–Kier alpha value is -2.95. The maximum atomic E-state index is 9.75. The minimum Gasteiger partial charge on any atom is -0.418 e. The fraction of sp³-hybridized carbons (Fsp3) is 0.0769. The van der Waals surface area contributed by atoms with Gasteiger partial charge in [-0.05, 0) is 24.1 Å². The van der Waals surface area contributed by atoms with Gasteiger partial charge in [0.25, 0.3) is 0 Å². The van der Waals surface area contributed by atoms with Gasteiger partial charge in [0.15, 0.2) is 0 Å². The minimum atomic E-state index is -6.00. The lowest BCUT2D eigenvalue weighted by atomic mass is 9.99. The van der Waals surface area contributed by atoms with Crippen LogP contribution in [0.1, 0.15) is 22.8 Å². The SMILES string of the molecule is F[B-](F)(F)F.[NH3+][C@@H](c1ccccc1)[C@H](c1ccccc1)P(c1ccccc1)c1ccccc1. The number of benzene rings is 4. The normalized spacial score (nSPS) is 13.0. The molecule has 0 aliphatic carbocycles. The summed E-state index contributed by atoms with van der Waals surface area (Å²) >= 11 is 0. The summed E-state index contributed by atoms with van der Waals surface area (Å²) in [7, 11) is -6.62. The van der Waals surface area contributed by atoms with Crippen molar-refractivity contribution in [2.75, 3.05) is 0 Å². The zero-order valence-corrected chi connectivity index (χ0v) is 18.8. The quantitative estimate of drug-likeness (QED) is 0.200. The van der Waals surface area contributed by atoms with E-state index in [9.17, 15) is 17.3 Å². The van der Waals surface area contributed by atoms with Crippen LogP contribution in [0.25, 0.3) is 0 Å². The molecule has 0 spiro atoms. The second-order valence-corrected chi connectivity index (χ2v) is 9.74. The number of rotatable bonds is 6. The summed E-state index contributed by atoms with van der Waals surface area (Å²) in [4.78, 5) is 0. The number of halogens is 4. The van der Waals surface area contributed by atoms with Crippen molar-refractivity contribution in [3.05, 3.63) is 132 Å². The highest BCUT2D eigenvalue weighted by Gasteiger charge is 2.34. The fourth-order valence-electron chi connectivity index (χ4n) is 3.74. The zero-order chi connectivity index (χ0) is 23.7. The van der Waals surface area contributed by atoms with Crippen LogP contribution < -0.4 is 16.3 Å². The summed E-state index contributed by atoms with van der Waals surface area (Å²) in [5.74, 6) is 0. The van der Waals surface area contributed by atoms with Gasteiger partial charge >= 0.3 is 7.25 Å². The van der Waals surface area contributed by atoms with E-state index < -0.39 is 15.2 Å². The third kappa shape index (κ3) is 7.56. The predicted octanol–water partition coefficient (Wildman–Crippen LogP) is 6.14. The van der Waals surface area contributed by atoms with E-state index in [1.807, 2.05) is 0 Å². The number of hydrogen-bond donors (Lipinski definition) is 1.